The highest BCUT2D eigenvalue weighted by Gasteiger charge is 2.30. The maximum Gasteiger partial charge on any atom is 0.573 e. The molecule has 1 aromatic carbocycles. The summed E-state index contributed by atoms with van der Waals surface area (Å²) in [5.41, 5.74) is 1.95. The van der Waals surface area contributed by atoms with Crippen molar-refractivity contribution < 1.29 is 22.7 Å². The lowest BCUT2D eigenvalue weighted by Crippen LogP contribution is -2.37. The Bertz CT molecular complexity index is 1060. The predicted molar refractivity (Wildman–Crippen MR) is 104 cm³/mol. The molecule has 2 N–H and O–H groups in total. The number of amides is 1. The summed E-state index contributed by atoms with van der Waals surface area (Å²) >= 11 is 0. The molecule has 0 aliphatic rings. The fourth-order valence-corrected chi connectivity index (χ4v) is 2.79. The Morgan fingerprint density at radius 3 is 2.47 bits per heavy atom. The fourth-order valence-electron chi connectivity index (χ4n) is 2.79. The number of nitrogens with zero attached hydrogens (tertiary/aromatic N) is 2. The van der Waals surface area contributed by atoms with Crippen LogP contribution in [0.5, 0.6) is 5.75 Å². The molecule has 1 unspecified atom stereocenters. The van der Waals surface area contributed by atoms with Crippen LogP contribution in [0, 0.1) is 5.41 Å². The fraction of sp³-hybridized carbons (Fsp3) is 0.190. The lowest BCUT2D eigenvalue weighted by Gasteiger charge is -2.14. The number of carbonyl (C=O) groups is 1. The van der Waals surface area contributed by atoms with Crippen LogP contribution >= 0.6 is 0 Å². The molecule has 0 saturated carbocycles. The first-order valence-electron chi connectivity index (χ1n) is 9.05. The number of hydrogen-bond acceptors (Lipinski definition) is 4. The molecule has 3 aromatic rings. The molecule has 0 radical (unpaired) electrons. The van der Waals surface area contributed by atoms with Gasteiger partial charge in [0.1, 0.15) is 11.2 Å². The Morgan fingerprint density at radius 1 is 1.13 bits per heavy atom. The zero-order chi connectivity index (χ0) is 21.7. The number of aromatic nitrogens is 2. The minimum atomic E-state index is -4.76. The van der Waals surface area contributed by atoms with Gasteiger partial charge in [-0.15, -0.1) is 13.2 Å². The van der Waals surface area contributed by atoms with Crippen molar-refractivity contribution in [1.29, 1.82) is 5.41 Å². The molecule has 3 rings (SSSR count). The van der Waals surface area contributed by atoms with Crippen molar-refractivity contribution >= 4 is 6.03 Å². The van der Waals surface area contributed by atoms with E-state index >= 15 is 0 Å². The topological polar surface area (TPSA) is 80.0 Å². The van der Waals surface area contributed by atoms with Crippen molar-refractivity contribution in [2.45, 2.75) is 19.2 Å². The molecule has 0 fully saturated rings. The average Bonchev–Trinajstić information content (AvgIpc) is 2.72. The van der Waals surface area contributed by atoms with E-state index < -0.39 is 12.4 Å². The van der Waals surface area contributed by atoms with E-state index in [9.17, 15) is 18.0 Å². The van der Waals surface area contributed by atoms with Gasteiger partial charge in [-0.25, -0.2) is 4.79 Å². The van der Waals surface area contributed by atoms with Crippen molar-refractivity contribution in [2.24, 2.45) is 0 Å². The third-order valence-electron chi connectivity index (χ3n) is 4.34. The quantitative estimate of drug-likeness (QED) is 0.651. The minimum Gasteiger partial charge on any atom is -0.406 e. The van der Waals surface area contributed by atoms with Crippen LogP contribution in [0.1, 0.15) is 18.5 Å². The van der Waals surface area contributed by atoms with Gasteiger partial charge in [-0.3, -0.25) is 15.0 Å². The second-order valence-corrected chi connectivity index (χ2v) is 6.59. The van der Waals surface area contributed by atoms with Crippen molar-refractivity contribution in [3.63, 3.8) is 0 Å². The molecule has 0 aliphatic heterocycles. The first kappa shape index (κ1) is 21.1. The molecule has 30 heavy (non-hydrogen) atoms. The molecular formula is C21H19F3N4O2. The van der Waals surface area contributed by atoms with E-state index in [1.165, 1.54) is 36.5 Å². The molecule has 1 atom stereocenters. The number of carbonyl (C=O) groups excluding carboxylic acids is 1. The van der Waals surface area contributed by atoms with Crippen LogP contribution in [0.3, 0.4) is 0 Å². The first-order chi connectivity index (χ1) is 14.2. The lowest BCUT2D eigenvalue weighted by molar-refractivity contribution is -0.274. The first-order valence-corrected chi connectivity index (χ1v) is 9.05. The van der Waals surface area contributed by atoms with Crippen molar-refractivity contribution in [1.82, 2.24) is 14.9 Å². The molecule has 0 spiro atoms. The van der Waals surface area contributed by atoms with Gasteiger partial charge in [0.05, 0.1) is 0 Å². The largest absolute Gasteiger partial charge is 0.573 e. The summed E-state index contributed by atoms with van der Waals surface area (Å²) in [7, 11) is 0. The average molecular weight is 416 g/mol. The molecule has 156 valence electrons. The van der Waals surface area contributed by atoms with Gasteiger partial charge in [-0.05, 0) is 47.5 Å². The standard InChI is InChI=1S/C21H19F3N4O2/c1-14(18-4-2-3-11-26-18)12-27-20(29)28-13-16(7-10-19(28)25)15-5-8-17(9-6-15)30-21(22,23)24/h2-11,13-14,25H,12H2,1H3,(H,27,29). The zero-order valence-electron chi connectivity index (χ0n) is 16.0. The van der Waals surface area contributed by atoms with E-state index in [1.807, 2.05) is 25.1 Å². The van der Waals surface area contributed by atoms with Crippen LogP contribution in [-0.2, 0) is 0 Å². The van der Waals surface area contributed by atoms with E-state index in [1.54, 1.807) is 12.3 Å². The molecule has 6 nitrogen and oxygen atoms in total. The molecule has 2 aromatic heterocycles. The van der Waals surface area contributed by atoms with Crippen LogP contribution < -0.4 is 15.5 Å². The highest BCUT2D eigenvalue weighted by molar-refractivity contribution is 5.78. The molecule has 0 bridgehead atoms. The summed E-state index contributed by atoms with van der Waals surface area (Å²) in [6, 6.07) is 13.4. The van der Waals surface area contributed by atoms with Crippen molar-refractivity contribution in [2.75, 3.05) is 6.54 Å². The van der Waals surface area contributed by atoms with Crippen LogP contribution in [0.15, 0.2) is 67.0 Å². The Morgan fingerprint density at radius 2 is 1.83 bits per heavy atom. The number of nitrogens with one attached hydrogen (secondary N) is 2. The van der Waals surface area contributed by atoms with Crippen LogP contribution in [0.25, 0.3) is 11.1 Å². The van der Waals surface area contributed by atoms with Gasteiger partial charge in [0.25, 0.3) is 0 Å². The SMILES string of the molecule is CC(CNC(=O)n1cc(-c2ccc(OC(F)(F)F)cc2)ccc1=N)c1ccccn1. The zero-order valence-corrected chi connectivity index (χ0v) is 16.0. The summed E-state index contributed by atoms with van der Waals surface area (Å²) in [6.45, 7) is 2.26. The maximum absolute atomic E-state index is 12.6. The minimum absolute atomic E-state index is 0.0192. The van der Waals surface area contributed by atoms with E-state index in [4.69, 9.17) is 5.41 Å². The molecule has 1 amide bonds. The smallest absolute Gasteiger partial charge is 0.406 e. The van der Waals surface area contributed by atoms with Gasteiger partial charge in [-0.2, -0.15) is 0 Å². The van der Waals surface area contributed by atoms with Gasteiger partial charge >= 0.3 is 12.4 Å². The number of hydrogen-bond donors (Lipinski definition) is 2. The van der Waals surface area contributed by atoms with Crippen molar-refractivity contribution in [3.8, 4) is 16.9 Å². The monoisotopic (exact) mass is 416 g/mol. The van der Waals surface area contributed by atoms with Gasteiger partial charge in [0.2, 0.25) is 0 Å². The Kier molecular flexibility index (Phi) is 6.20. The summed E-state index contributed by atoms with van der Waals surface area (Å²) in [4.78, 5) is 16.8. The summed E-state index contributed by atoms with van der Waals surface area (Å²) in [5, 5.41) is 10.8. The third-order valence-corrected chi connectivity index (χ3v) is 4.34. The Hall–Kier alpha value is -3.62. The molecule has 0 aliphatic carbocycles. The van der Waals surface area contributed by atoms with E-state index in [0.29, 0.717) is 17.7 Å². The van der Waals surface area contributed by atoms with Crippen LogP contribution in [0.4, 0.5) is 18.0 Å². The van der Waals surface area contributed by atoms with Crippen molar-refractivity contribution in [3.05, 3.63) is 78.2 Å². The van der Waals surface area contributed by atoms with Gasteiger partial charge in [0, 0.05) is 30.6 Å². The third kappa shape index (κ3) is 5.47. The Balaban J connectivity index is 1.73. The highest BCUT2D eigenvalue weighted by atomic mass is 19.4. The lowest BCUT2D eigenvalue weighted by atomic mass is 10.1. The maximum atomic E-state index is 12.6. The van der Waals surface area contributed by atoms with Gasteiger partial charge in [-0.1, -0.05) is 25.1 Å². The summed E-state index contributed by atoms with van der Waals surface area (Å²) in [5.74, 6) is -0.355. The van der Waals surface area contributed by atoms with E-state index in [0.717, 1.165) is 10.3 Å². The number of halogens is 3. The number of pyridine rings is 2. The predicted octanol–water partition coefficient (Wildman–Crippen LogP) is 4.29. The Labute approximate surface area is 170 Å². The normalized spacial score (nSPS) is 12.3. The summed E-state index contributed by atoms with van der Waals surface area (Å²) in [6.07, 6.45) is -1.62. The number of rotatable bonds is 5. The number of ether oxygens (including phenoxy) is 1. The highest BCUT2D eigenvalue weighted by Crippen LogP contribution is 2.26. The number of benzene rings is 1. The summed E-state index contributed by atoms with van der Waals surface area (Å²) < 4.78 is 41.9. The molecule has 2 heterocycles. The van der Waals surface area contributed by atoms with E-state index in [-0.39, 0.29) is 17.2 Å². The van der Waals surface area contributed by atoms with Crippen LogP contribution in [-0.4, -0.2) is 28.5 Å². The van der Waals surface area contributed by atoms with Gasteiger partial charge in [0.15, 0.2) is 0 Å². The molecular weight excluding hydrogens is 397 g/mol. The molecule has 0 saturated heterocycles. The second-order valence-electron chi connectivity index (χ2n) is 6.59. The molecule has 9 heteroatoms. The second kappa shape index (κ2) is 8.81. The number of alkyl halides is 3. The van der Waals surface area contributed by atoms with Crippen LogP contribution in [0.2, 0.25) is 0 Å². The van der Waals surface area contributed by atoms with Gasteiger partial charge < -0.3 is 10.1 Å². The van der Waals surface area contributed by atoms with E-state index in [2.05, 4.69) is 15.0 Å².